The average Bonchev–Trinajstić information content (AvgIpc) is 2.62. The number of thioether (sulfide) groups is 2. The molecule has 3 aliphatic rings. The SMILES string of the molecule is C1SCC2OC1C1SC21. The first-order valence-electron chi connectivity index (χ1n) is 3.34. The zero-order valence-corrected chi connectivity index (χ0v) is 6.58. The van der Waals surface area contributed by atoms with Crippen LogP contribution in [0.4, 0.5) is 0 Å². The Morgan fingerprint density at radius 1 is 1.11 bits per heavy atom. The van der Waals surface area contributed by atoms with Gasteiger partial charge in [-0.15, -0.1) is 11.8 Å². The summed E-state index contributed by atoms with van der Waals surface area (Å²) in [6.07, 6.45) is 1.26. The highest BCUT2D eigenvalue weighted by molar-refractivity contribution is 8.08. The quantitative estimate of drug-likeness (QED) is 0.489. The van der Waals surface area contributed by atoms with E-state index < -0.39 is 0 Å². The topological polar surface area (TPSA) is 9.23 Å². The Morgan fingerprint density at radius 3 is 2.33 bits per heavy atom. The van der Waals surface area contributed by atoms with Crippen LogP contribution in [0, 0.1) is 0 Å². The summed E-state index contributed by atoms with van der Waals surface area (Å²) < 4.78 is 5.72. The third-order valence-corrected chi connectivity index (χ3v) is 4.84. The molecule has 0 aromatic rings. The van der Waals surface area contributed by atoms with Crippen LogP contribution in [0.5, 0.6) is 0 Å². The van der Waals surface area contributed by atoms with Crippen LogP contribution in [-0.2, 0) is 4.74 Å². The molecule has 1 nitrogen and oxygen atoms in total. The van der Waals surface area contributed by atoms with Crippen LogP contribution in [0.15, 0.2) is 0 Å². The van der Waals surface area contributed by atoms with E-state index in [4.69, 9.17) is 4.74 Å². The monoisotopic (exact) mass is 160 g/mol. The highest BCUT2D eigenvalue weighted by Crippen LogP contribution is 2.56. The van der Waals surface area contributed by atoms with E-state index in [1.54, 1.807) is 0 Å². The van der Waals surface area contributed by atoms with Crippen LogP contribution < -0.4 is 0 Å². The van der Waals surface area contributed by atoms with Crippen LogP contribution >= 0.6 is 23.5 Å². The van der Waals surface area contributed by atoms with Gasteiger partial charge >= 0.3 is 0 Å². The van der Waals surface area contributed by atoms with Gasteiger partial charge < -0.3 is 4.74 Å². The molecule has 0 aromatic carbocycles. The van der Waals surface area contributed by atoms with E-state index in [1.165, 1.54) is 11.5 Å². The molecule has 0 radical (unpaired) electrons. The molecular formula is C6H8OS2. The van der Waals surface area contributed by atoms with E-state index in [0.29, 0.717) is 12.2 Å². The molecule has 0 saturated carbocycles. The fourth-order valence-electron chi connectivity index (χ4n) is 1.68. The van der Waals surface area contributed by atoms with Crippen LogP contribution in [0.2, 0.25) is 0 Å². The molecule has 0 spiro atoms. The number of fused-ring (bicyclic) bond motifs is 5. The molecule has 0 aromatic heterocycles. The van der Waals surface area contributed by atoms with Crippen molar-refractivity contribution in [3.05, 3.63) is 0 Å². The van der Waals surface area contributed by atoms with Crippen LogP contribution in [0.25, 0.3) is 0 Å². The summed E-state index contributed by atoms with van der Waals surface area (Å²) in [5, 5.41) is 1.81. The van der Waals surface area contributed by atoms with Gasteiger partial charge in [-0.1, -0.05) is 0 Å². The van der Waals surface area contributed by atoms with E-state index in [1.807, 2.05) is 0 Å². The van der Waals surface area contributed by atoms with Gasteiger partial charge in [-0.25, -0.2) is 0 Å². The summed E-state index contributed by atoms with van der Waals surface area (Å²) in [7, 11) is 0. The van der Waals surface area contributed by atoms with Gasteiger partial charge in [0.2, 0.25) is 0 Å². The van der Waals surface area contributed by atoms with Gasteiger partial charge in [0.25, 0.3) is 0 Å². The van der Waals surface area contributed by atoms with Gasteiger partial charge in [0.05, 0.1) is 12.2 Å². The second kappa shape index (κ2) is 1.63. The highest BCUT2D eigenvalue weighted by Gasteiger charge is 2.58. The summed E-state index contributed by atoms with van der Waals surface area (Å²) in [5.41, 5.74) is 0. The third-order valence-electron chi connectivity index (χ3n) is 2.21. The molecule has 4 unspecified atom stereocenters. The van der Waals surface area contributed by atoms with E-state index in [0.717, 1.165) is 10.5 Å². The molecule has 3 rings (SSSR count). The molecular weight excluding hydrogens is 152 g/mol. The molecule has 0 aliphatic carbocycles. The Hall–Kier alpha value is 0.660. The van der Waals surface area contributed by atoms with Crippen molar-refractivity contribution in [2.24, 2.45) is 0 Å². The molecule has 9 heavy (non-hydrogen) atoms. The van der Waals surface area contributed by atoms with Gasteiger partial charge in [-0.3, -0.25) is 0 Å². The van der Waals surface area contributed by atoms with E-state index in [2.05, 4.69) is 23.5 Å². The Labute approximate surface area is 62.9 Å². The first-order valence-corrected chi connectivity index (χ1v) is 5.43. The fraction of sp³-hybridized carbons (Fsp3) is 1.00. The van der Waals surface area contributed by atoms with Crippen LogP contribution in [-0.4, -0.2) is 34.2 Å². The van der Waals surface area contributed by atoms with E-state index in [9.17, 15) is 0 Å². The number of rotatable bonds is 0. The largest absolute Gasteiger partial charge is 0.371 e. The number of hydrogen-bond donors (Lipinski definition) is 0. The maximum Gasteiger partial charge on any atom is 0.0800 e. The van der Waals surface area contributed by atoms with Crippen molar-refractivity contribution in [2.45, 2.75) is 22.7 Å². The Kier molecular flexibility index (Phi) is 0.965. The average molecular weight is 160 g/mol. The first-order chi connectivity index (χ1) is 4.45. The summed E-state index contributed by atoms with van der Waals surface area (Å²) in [6, 6.07) is 0. The van der Waals surface area contributed by atoms with Gasteiger partial charge in [-0.05, 0) is 0 Å². The molecule has 0 N–H and O–H groups in total. The van der Waals surface area contributed by atoms with Crippen LogP contribution in [0.1, 0.15) is 0 Å². The predicted octanol–water partition coefficient (Wildman–Crippen LogP) is 0.985. The lowest BCUT2D eigenvalue weighted by Gasteiger charge is -2.22. The van der Waals surface area contributed by atoms with Crippen molar-refractivity contribution in [3.8, 4) is 0 Å². The van der Waals surface area contributed by atoms with Gasteiger partial charge in [0, 0.05) is 22.0 Å². The van der Waals surface area contributed by atoms with Crippen molar-refractivity contribution in [3.63, 3.8) is 0 Å². The lowest BCUT2D eigenvalue weighted by molar-refractivity contribution is 0.0654. The minimum Gasteiger partial charge on any atom is -0.371 e. The van der Waals surface area contributed by atoms with Crippen molar-refractivity contribution in [2.75, 3.05) is 11.5 Å². The maximum atomic E-state index is 5.72. The van der Waals surface area contributed by atoms with Crippen molar-refractivity contribution in [1.82, 2.24) is 0 Å². The number of hydrogen-bond acceptors (Lipinski definition) is 3. The minimum absolute atomic E-state index is 0.628. The fourth-order valence-corrected chi connectivity index (χ4v) is 4.39. The zero-order valence-electron chi connectivity index (χ0n) is 4.95. The molecule has 3 heteroatoms. The molecule has 3 saturated heterocycles. The van der Waals surface area contributed by atoms with Crippen molar-refractivity contribution >= 4 is 23.5 Å². The Bertz CT molecular complexity index is 136. The summed E-state index contributed by atoms with van der Waals surface area (Å²) in [5.74, 6) is 2.51. The van der Waals surface area contributed by atoms with Crippen molar-refractivity contribution < 1.29 is 4.74 Å². The predicted molar refractivity (Wildman–Crippen MR) is 41.2 cm³/mol. The molecule has 4 atom stereocenters. The van der Waals surface area contributed by atoms with Crippen LogP contribution in [0.3, 0.4) is 0 Å². The smallest absolute Gasteiger partial charge is 0.0800 e. The molecule has 50 valence electrons. The summed E-state index contributed by atoms with van der Waals surface area (Å²) in [6.45, 7) is 0. The maximum absolute atomic E-state index is 5.72. The molecule has 3 fully saturated rings. The second-order valence-electron chi connectivity index (χ2n) is 2.82. The Balaban J connectivity index is 1.92. The molecule has 0 amide bonds. The molecule has 3 aliphatic heterocycles. The standard InChI is InChI=1S/C6H8OS2/c1-3-5-6(9-5)4(7-3)2-8-1/h3-6H,1-2H2. The summed E-state index contributed by atoms with van der Waals surface area (Å²) >= 11 is 4.20. The van der Waals surface area contributed by atoms with Gasteiger partial charge in [0.15, 0.2) is 0 Å². The lowest BCUT2D eigenvalue weighted by atomic mass is 10.2. The molecule has 3 heterocycles. The zero-order chi connectivity index (χ0) is 5.84. The first kappa shape index (κ1) is 5.33. The minimum atomic E-state index is 0.628. The number of ether oxygens (including phenoxy) is 1. The molecule has 2 bridgehead atoms. The highest BCUT2D eigenvalue weighted by atomic mass is 32.2. The Morgan fingerprint density at radius 2 is 1.78 bits per heavy atom. The van der Waals surface area contributed by atoms with Crippen molar-refractivity contribution in [1.29, 1.82) is 0 Å². The third kappa shape index (κ3) is 0.632. The normalized spacial score (nSPS) is 61.3. The van der Waals surface area contributed by atoms with E-state index >= 15 is 0 Å². The summed E-state index contributed by atoms with van der Waals surface area (Å²) in [4.78, 5) is 0. The van der Waals surface area contributed by atoms with Gasteiger partial charge in [0.1, 0.15) is 0 Å². The second-order valence-corrected chi connectivity index (χ2v) is 5.25. The van der Waals surface area contributed by atoms with Gasteiger partial charge in [-0.2, -0.15) is 11.8 Å². The van der Waals surface area contributed by atoms with E-state index in [-0.39, 0.29) is 0 Å². The lowest BCUT2D eigenvalue weighted by Crippen LogP contribution is -2.26.